The molecule has 0 aliphatic carbocycles. The van der Waals surface area contributed by atoms with Crippen LogP contribution in [0.4, 0.5) is 0 Å². The highest BCUT2D eigenvalue weighted by atomic mass is 15.1. The van der Waals surface area contributed by atoms with Crippen molar-refractivity contribution in [1.29, 1.82) is 0 Å². The van der Waals surface area contributed by atoms with E-state index in [4.69, 9.17) is 0 Å². The molecule has 0 aromatic heterocycles. The van der Waals surface area contributed by atoms with Gasteiger partial charge in [-0.05, 0) is 31.0 Å². The average molecular weight is 235 g/mol. The summed E-state index contributed by atoms with van der Waals surface area (Å²) in [5, 5.41) is 0. The van der Waals surface area contributed by atoms with E-state index in [1.807, 2.05) is 27.7 Å². The SMILES string of the molecule is CC.CC.CCN1CCc2cc(C)ccc2C1. The number of aryl methyl sites for hydroxylation is 1. The van der Waals surface area contributed by atoms with Gasteiger partial charge in [0.05, 0.1) is 0 Å². The van der Waals surface area contributed by atoms with E-state index in [0.29, 0.717) is 0 Å². The first-order chi connectivity index (χ1) is 8.29. The van der Waals surface area contributed by atoms with Gasteiger partial charge in [-0.3, -0.25) is 4.90 Å². The normalized spacial score (nSPS) is 13.8. The third-order valence-electron chi connectivity index (χ3n) is 2.90. The van der Waals surface area contributed by atoms with Crippen molar-refractivity contribution < 1.29 is 0 Å². The van der Waals surface area contributed by atoms with Gasteiger partial charge in [0.15, 0.2) is 0 Å². The first-order valence-electron chi connectivity index (χ1n) is 7.10. The highest BCUT2D eigenvalue weighted by Gasteiger charge is 2.13. The van der Waals surface area contributed by atoms with E-state index in [1.165, 1.54) is 30.6 Å². The molecule has 98 valence electrons. The number of benzene rings is 1. The molecule has 1 heteroatoms. The van der Waals surface area contributed by atoms with Crippen LogP contribution in [0.2, 0.25) is 0 Å². The maximum absolute atomic E-state index is 2.50. The van der Waals surface area contributed by atoms with Crippen LogP contribution in [0, 0.1) is 6.92 Å². The van der Waals surface area contributed by atoms with Crippen LogP contribution in [-0.4, -0.2) is 18.0 Å². The van der Waals surface area contributed by atoms with E-state index in [9.17, 15) is 0 Å². The van der Waals surface area contributed by atoms with E-state index >= 15 is 0 Å². The van der Waals surface area contributed by atoms with E-state index in [2.05, 4.69) is 36.9 Å². The Kier molecular flexibility index (Phi) is 8.79. The number of fused-ring (bicyclic) bond motifs is 1. The van der Waals surface area contributed by atoms with Crippen LogP contribution >= 0.6 is 0 Å². The maximum Gasteiger partial charge on any atom is 0.0236 e. The van der Waals surface area contributed by atoms with Crippen molar-refractivity contribution in [1.82, 2.24) is 4.90 Å². The zero-order chi connectivity index (χ0) is 13.3. The monoisotopic (exact) mass is 235 g/mol. The minimum absolute atomic E-state index is 1.14. The zero-order valence-electron chi connectivity index (χ0n) is 12.5. The zero-order valence-corrected chi connectivity index (χ0v) is 12.5. The second-order valence-electron chi connectivity index (χ2n) is 3.89. The summed E-state index contributed by atoms with van der Waals surface area (Å²) in [5.41, 5.74) is 4.48. The van der Waals surface area contributed by atoms with Crippen LogP contribution in [0.15, 0.2) is 18.2 Å². The van der Waals surface area contributed by atoms with Crippen molar-refractivity contribution in [2.45, 2.75) is 54.5 Å². The van der Waals surface area contributed by atoms with Gasteiger partial charge in [0.1, 0.15) is 0 Å². The molecule has 0 fully saturated rings. The van der Waals surface area contributed by atoms with Crippen molar-refractivity contribution >= 4 is 0 Å². The Bertz CT molecular complexity index is 304. The largest absolute Gasteiger partial charge is 0.299 e. The molecule has 1 nitrogen and oxygen atoms in total. The number of nitrogens with zero attached hydrogens (tertiary/aromatic N) is 1. The molecule has 1 aromatic carbocycles. The predicted molar refractivity (Wildman–Crippen MR) is 78.5 cm³/mol. The predicted octanol–water partition coefficient (Wildman–Crippen LogP) is 4.43. The van der Waals surface area contributed by atoms with Gasteiger partial charge in [0, 0.05) is 13.1 Å². The quantitative estimate of drug-likeness (QED) is 0.696. The van der Waals surface area contributed by atoms with Crippen LogP contribution < -0.4 is 0 Å². The first kappa shape index (κ1) is 16.2. The number of rotatable bonds is 1. The van der Waals surface area contributed by atoms with Crippen molar-refractivity contribution in [3.63, 3.8) is 0 Å². The van der Waals surface area contributed by atoms with E-state index in [-0.39, 0.29) is 0 Å². The molecule has 0 unspecified atom stereocenters. The van der Waals surface area contributed by atoms with Crippen LogP contribution in [-0.2, 0) is 13.0 Å². The summed E-state index contributed by atoms with van der Waals surface area (Å²) in [6, 6.07) is 6.84. The molecule has 0 radical (unpaired) electrons. The van der Waals surface area contributed by atoms with Crippen LogP contribution in [0.1, 0.15) is 51.3 Å². The summed E-state index contributed by atoms with van der Waals surface area (Å²) in [4.78, 5) is 2.50. The van der Waals surface area contributed by atoms with Crippen LogP contribution in [0.5, 0.6) is 0 Å². The topological polar surface area (TPSA) is 3.24 Å². The summed E-state index contributed by atoms with van der Waals surface area (Å²) in [6.07, 6.45) is 1.23. The van der Waals surface area contributed by atoms with Crippen molar-refractivity contribution in [3.05, 3.63) is 34.9 Å². The van der Waals surface area contributed by atoms with Gasteiger partial charge < -0.3 is 0 Å². The summed E-state index contributed by atoms with van der Waals surface area (Å²) in [7, 11) is 0. The van der Waals surface area contributed by atoms with Crippen molar-refractivity contribution in [3.8, 4) is 0 Å². The summed E-state index contributed by atoms with van der Waals surface area (Å²) in [6.45, 7) is 16.0. The van der Waals surface area contributed by atoms with Gasteiger partial charge in [0.25, 0.3) is 0 Å². The highest BCUT2D eigenvalue weighted by Crippen LogP contribution is 2.19. The fourth-order valence-electron chi connectivity index (χ4n) is 2.01. The smallest absolute Gasteiger partial charge is 0.0236 e. The minimum Gasteiger partial charge on any atom is -0.299 e. The van der Waals surface area contributed by atoms with Gasteiger partial charge in [-0.2, -0.15) is 0 Å². The van der Waals surface area contributed by atoms with Gasteiger partial charge in [-0.15, -0.1) is 0 Å². The molecule has 0 saturated carbocycles. The third-order valence-corrected chi connectivity index (χ3v) is 2.90. The van der Waals surface area contributed by atoms with Gasteiger partial charge >= 0.3 is 0 Å². The van der Waals surface area contributed by atoms with Crippen molar-refractivity contribution in [2.24, 2.45) is 0 Å². The molecule has 1 aliphatic rings. The number of likely N-dealkylation sites (N-methyl/N-ethyl adjacent to an activating group) is 1. The number of hydrogen-bond acceptors (Lipinski definition) is 1. The lowest BCUT2D eigenvalue weighted by molar-refractivity contribution is 0.268. The Labute approximate surface area is 108 Å². The molecule has 0 bridgehead atoms. The fraction of sp³-hybridized carbons (Fsp3) is 0.625. The average Bonchev–Trinajstić information content (AvgIpc) is 2.42. The van der Waals surface area contributed by atoms with E-state index in [1.54, 1.807) is 5.56 Å². The second-order valence-corrected chi connectivity index (χ2v) is 3.89. The number of hydrogen-bond donors (Lipinski definition) is 0. The second kappa shape index (κ2) is 9.23. The molecular formula is C16H29N. The molecule has 0 saturated heterocycles. The van der Waals surface area contributed by atoms with Gasteiger partial charge in [0.2, 0.25) is 0 Å². The van der Waals surface area contributed by atoms with Crippen LogP contribution in [0.3, 0.4) is 0 Å². The maximum atomic E-state index is 2.50. The summed E-state index contributed by atoms with van der Waals surface area (Å²) >= 11 is 0. The lowest BCUT2D eigenvalue weighted by Gasteiger charge is -2.27. The molecule has 17 heavy (non-hydrogen) atoms. The molecule has 1 aliphatic heterocycles. The molecule has 0 atom stereocenters. The van der Waals surface area contributed by atoms with Gasteiger partial charge in [-0.1, -0.05) is 58.4 Å². The van der Waals surface area contributed by atoms with E-state index < -0.39 is 0 Å². The fourth-order valence-corrected chi connectivity index (χ4v) is 2.01. The van der Waals surface area contributed by atoms with Crippen LogP contribution in [0.25, 0.3) is 0 Å². The molecule has 0 amide bonds. The first-order valence-corrected chi connectivity index (χ1v) is 7.10. The van der Waals surface area contributed by atoms with Gasteiger partial charge in [-0.25, -0.2) is 0 Å². The van der Waals surface area contributed by atoms with E-state index in [0.717, 1.165) is 6.54 Å². The minimum atomic E-state index is 1.14. The Morgan fingerprint density at radius 3 is 2.29 bits per heavy atom. The molecule has 0 spiro atoms. The molecular weight excluding hydrogens is 206 g/mol. The summed E-state index contributed by atoms with van der Waals surface area (Å²) < 4.78 is 0. The molecule has 1 heterocycles. The Balaban J connectivity index is 0.000000581. The third kappa shape index (κ3) is 4.91. The summed E-state index contributed by atoms with van der Waals surface area (Å²) in [5.74, 6) is 0. The lowest BCUT2D eigenvalue weighted by Crippen LogP contribution is -2.30. The Hall–Kier alpha value is -0.820. The lowest BCUT2D eigenvalue weighted by atomic mass is 9.98. The Morgan fingerprint density at radius 1 is 1.06 bits per heavy atom. The Morgan fingerprint density at radius 2 is 1.71 bits per heavy atom. The highest BCUT2D eigenvalue weighted by molar-refractivity contribution is 5.33. The van der Waals surface area contributed by atoms with Crippen molar-refractivity contribution in [2.75, 3.05) is 13.1 Å². The molecule has 0 N–H and O–H groups in total. The molecule has 1 aromatic rings. The molecule has 2 rings (SSSR count). The standard InChI is InChI=1S/C12H17N.2C2H6/c1-3-13-7-6-11-8-10(2)4-5-12(11)9-13;2*1-2/h4-5,8H,3,6-7,9H2,1-2H3;2*1-2H3.